The highest BCUT2D eigenvalue weighted by atomic mass is 16.6. The Morgan fingerprint density at radius 1 is 0.473 bits per heavy atom. The van der Waals surface area contributed by atoms with Crippen LogP contribution in [0.4, 0.5) is 0 Å². The van der Waals surface area contributed by atoms with Gasteiger partial charge in [-0.25, -0.2) is 9.97 Å². The van der Waals surface area contributed by atoms with Gasteiger partial charge in [-0.2, -0.15) is 0 Å². The molecule has 8 aromatic carbocycles. The van der Waals surface area contributed by atoms with Gasteiger partial charge < -0.3 is 32.2 Å². The lowest BCUT2D eigenvalue weighted by Crippen LogP contribution is -2.24. The number of methoxy groups -OCH3 is 1. The molecule has 16 rings (SSSR count). The number of furan rings is 2. The van der Waals surface area contributed by atoms with Gasteiger partial charge in [-0.3, -0.25) is 9.97 Å². The van der Waals surface area contributed by atoms with Crippen LogP contribution in [0.15, 0.2) is 264 Å². The molecule has 2 atom stereocenters. The van der Waals surface area contributed by atoms with Crippen molar-refractivity contribution in [2.24, 2.45) is 0 Å². The molecule has 8 heterocycles. The van der Waals surface area contributed by atoms with Crippen molar-refractivity contribution in [1.29, 1.82) is 0 Å². The van der Waals surface area contributed by atoms with E-state index in [4.69, 9.17) is 49.6 Å². The number of pyridine rings is 4. The van der Waals surface area contributed by atoms with Crippen molar-refractivity contribution in [3.63, 3.8) is 0 Å². The average molecular weight is 1210 g/mol. The Bertz CT molecular complexity index is 5380. The van der Waals surface area contributed by atoms with Gasteiger partial charge in [-0.15, -0.1) is 0 Å². The van der Waals surface area contributed by atoms with Gasteiger partial charge in [0.25, 0.3) is 0 Å². The third-order valence-electron chi connectivity index (χ3n) is 17.6. The van der Waals surface area contributed by atoms with Crippen molar-refractivity contribution >= 4 is 88.8 Å². The standard InChI is InChI=1S/C82H62N6O5/c1-50(87-79-62(54-20-10-6-11-21-54)28-18-30-66(79)77-81(87)64(40-42-83-77)56-24-14-8-15-25-56)32-36-71-53(4)75-73(92-71)38-34-69(85-75)58-44-59(46-61(45-58)91-52(3)49-90-51(2)48-89-5)70-35-39-74-76(86-70)68-47-60(33-37-72(68)93-74)88-80-63(55-22-12-7-13-23-55)29-19-31-67(80)78-82(88)65(41-43-84-78)57-26-16-9-17-27-57/h6-47,51-52H,1,48-49H2,2-5H3/b36-32-. The molecule has 8 aromatic heterocycles. The predicted molar refractivity (Wildman–Crippen MR) is 378 cm³/mol. The Kier molecular flexibility index (Phi) is 14.5. The van der Waals surface area contributed by atoms with E-state index in [-0.39, 0.29) is 12.2 Å². The van der Waals surface area contributed by atoms with Crippen LogP contribution in [-0.2, 0) is 9.47 Å². The third-order valence-corrected chi connectivity index (χ3v) is 17.6. The number of rotatable bonds is 17. The molecule has 11 heteroatoms. The van der Waals surface area contributed by atoms with Crippen molar-refractivity contribution in [3.05, 3.63) is 267 Å². The molecule has 0 aliphatic heterocycles. The fraction of sp³-hybridized carbons (Fsp3) is 0.0976. The minimum absolute atomic E-state index is 0.106. The van der Waals surface area contributed by atoms with Crippen LogP contribution >= 0.6 is 0 Å². The van der Waals surface area contributed by atoms with Crippen LogP contribution in [-0.4, -0.2) is 61.6 Å². The minimum Gasteiger partial charge on any atom is -0.488 e. The summed E-state index contributed by atoms with van der Waals surface area (Å²) >= 11 is 0. The number of hydrogen-bond donors (Lipinski definition) is 0. The molecule has 0 fully saturated rings. The van der Waals surface area contributed by atoms with Crippen LogP contribution in [0.3, 0.4) is 0 Å². The first-order valence-electron chi connectivity index (χ1n) is 31.3. The summed E-state index contributed by atoms with van der Waals surface area (Å²) in [4.78, 5) is 20.9. The Hall–Kier alpha value is -11.5. The van der Waals surface area contributed by atoms with Crippen molar-refractivity contribution < 1.29 is 23.0 Å². The average Bonchev–Trinajstić information content (AvgIpc) is 1.58. The third kappa shape index (κ3) is 10.2. The van der Waals surface area contributed by atoms with Gasteiger partial charge in [0.15, 0.2) is 11.2 Å². The summed E-state index contributed by atoms with van der Waals surface area (Å²) < 4.78 is 36.2. The van der Waals surface area contributed by atoms with Crippen molar-refractivity contribution in [2.45, 2.75) is 33.0 Å². The minimum atomic E-state index is -0.302. The van der Waals surface area contributed by atoms with Crippen LogP contribution in [0.1, 0.15) is 25.2 Å². The number of benzene rings is 8. The summed E-state index contributed by atoms with van der Waals surface area (Å²) in [6.07, 6.45) is 7.43. The summed E-state index contributed by atoms with van der Waals surface area (Å²) in [5, 5.41) is 2.98. The number of hydrogen-bond acceptors (Lipinski definition) is 9. The van der Waals surface area contributed by atoms with E-state index in [1.807, 2.05) is 86.9 Å². The van der Waals surface area contributed by atoms with Gasteiger partial charge in [-0.1, -0.05) is 164 Å². The number of allylic oxidation sites excluding steroid dienone is 2. The maximum absolute atomic E-state index is 6.75. The Balaban J connectivity index is 0.796. The van der Waals surface area contributed by atoms with E-state index < -0.39 is 0 Å². The van der Waals surface area contributed by atoms with E-state index in [0.717, 1.165) is 150 Å². The molecule has 0 aliphatic rings. The molecule has 0 radical (unpaired) electrons. The highest BCUT2D eigenvalue weighted by Crippen LogP contribution is 2.45. The van der Waals surface area contributed by atoms with Crippen LogP contribution in [0, 0.1) is 6.92 Å². The van der Waals surface area contributed by atoms with E-state index in [9.17, 15) is 0 Å². The van der Waals surface area contributed by atoms with Gasteiger partial charge in [0, 0.05) is 86.0 Å². The molecular weight excluding hydrogens is 1150 g/mol. The van der Waals surface area contributed by atoms with Crippen molar-refractivity contribution in [1.82, 2.24) is 29.1 Å². The first-order chi connectivity index (χ1) is 45.7. The number of ether oxygens (including phenoxy) is 3. The largest absolute Gasteiger partial charge is 0.488 e. The number of fused-ring (bicyclic) bond motifs is 10. The van der Waals surface area contributed by atoms with Crippen molar-refractivity contribution in [2.75, 3.05) is 20.3 Å². The zero-order valence-electron chi connectivity index (χ0n) is 51.7. The molecule has 11 nitrogen and oxygen atoms in total. The topological polar surface area (TPSA) is 115 Å². The van der Waals surface area contributed by atoms with E-state index in [1.54, 1.807) is 7.11 Å². The Morgan fingerprint density at radius 3 is 1.60 bits per heavy atom. The van der Waals surface area contributed by atoms with Gasteiger partial charge in [0.1, 0.15) is 34.2 Å². The summed E-state index contributed by atoms with van der Waals surface area (Å²) in [7, 11) is 1.68. The van der Waals surface area contributed by atoms with E-state index in [2.05, 4.69) is 198 Å². The molecule has 16 aromatic rings. The lowest BCUT2D eigenvalue weighted by molar-refractivity contribution is -0.0210. The van der Waals surface area contributed by atoms with E-state index in [1.165, 1.54) is 0 Å². The van der Waals surface area contributed by atoms with Crippen molar-refractivity contribution in [3.8, 4) is 78.5 Å². The molecule has 0 aliphatic carbocycles. The molecule has 0 N–H and O–H groups in total. The number of nitrogens with zero attached hydrogens (tertiary/aromatic N) is 6. The molecule has 2 unspecified atom stereocenters. The highest BCUT2D eigenvalue weighted by Gasteiger charge is 2.25. The first kappa shape index (κ1) is 56.7. The second-order valence-electron chi connectivity index (χ2n) is 23.7. The second-order valence-corrected chi connectivity index (χ2v) is 23.7. The molecule has 93 heavy (non-hydrogen) atoms. The van der Waals surface area contributed by atoms with E-state index >= 15 is 0 Å². The molecule has 0 saturated heterocycles. The van der Waals surface area contributed by atoms with Gasteiger partial charge in [0.05, 0.1) is 63.8 Å². The van der Waals surface area contributed by atoms with Gasteiger partial charge in [-0.05, 0) is 128 Å². The summed E-state index contributed by atoms with van der Waals surface area (Å²) in [6, 6.07) is 79.8. The van der Waals surface area contributed by atoms with Crippen LogP contribution in [0.5, 0.6) is 5.75 Å². The summed E-state index contributed by atoms with van der Waals surface area (Å²) in [5.41, 5.74) is 23.9. The highest BCUT2D eigenvalue weighted by molar-refractivity contribution is 6.18. The number of para-hydroxylation sites is 2. The van der Waals surface area contributed by atoms with Gasteiger partial charge >= 0.3 is 0 Å². The maximum atomic E-state index is 6.75. The number of aryl methyl sites for hydroxylation is 1. The Labute approximate surface area is 536 Å². The van der Waals surface area contributed by atoms with Gasteiger partial charge in [0.2, 0.25) is 0 Å². The molecule has 0 amide bonds. The zero-order valence-corrected chi connectivity index (χ0v) is 51.7. The van der Waals surface area contributed by atoms with E-state index in [0.29, 0.717) is 35.9 Å². The second kappa shape index (κ2) is 23.7. The molecular formula is C82H62N6O5. The zero-order chi connectivity index (χ0) is 62.7. The lowest BCUT2D eigenvalue weighted by Gasteiger charge is -2.19. The molecule has 0 spiro atoms. The van der Waals surface area contributed by atoms with Crippen LogP contribution in [0.2, 0.25) is 0 Å². The quantitative estimate of drug-likeness (QED) is 0.0822. The first-order valence-corrected chi connectivity index (χ1v) is 31.3. The molecule has 450 valence electrons. The van der Waals surface area contributed by atoms with Crippen LogP contribution in [0.25, 0.3) is 162 Å². The molecule has 0 saturated carbocycles. The SMILES string of the molecule is C=C(/C=C\c1oc2ccc(-c3cc(OC(C)COC(C)COC)cc(-c4ccc5oc6ccc(-n7c8c(-c9ccccc9)cccc8c8nccc(-c9ccccc9)c87)cc6c5n4)c3)nc2c1C)n1c2c(-c3ccccc3)cccc2c2nccc(-c3ccccc3)c21. The summed E-state index contributed by atoms with van der Waals surface area (Å²) in [5.74, 6) is 1.31. The fourth-order valence-electron chi connectivity index (χ4n) is 13.3. The normalized spacial score (nSPS) is 12.6. The Morgan fingerprint density at radius 2 is 1.00 bits per heavy atom. The maximum Gasteiger partial charge on any atom is 0.153 e. The number of aromatic nitrogens is 6. The smallest absolute Gasteiger partial charge is 0.153 e. The predicted octanol–water partition coefficient (Wildman–Crippen LogP) is 20.4. The van der Waals surface area contributed by atoms with Crippen LogP contribution < -0.4 is 4.74 Å². The fourth-order valence-corrected chi connectivity index (χ4v) is 13.3. The lowest BCUT2D eigenvalue weighted by atomic mass is 10.0. The monoisotopic (exact) mass is 1210 g/mol. The molecule has 0 bridgehead atoms. The summed E-state index contributed by atoms with van der Waals surface area (Å²) in [6.45, 7) is 11.6.